The van der Waals surface area contributed by atoms with Gasteiger partial charge in [0.25, 0.3) is 0 Å². The number of methoxy groups -OCH3 is 1. The van der Waals surface area contributed by atoms with Crippen LogP contribution in [-0.4, -0.2) is 24.1 Å². The maximum Gasteiger partial charge on any atom is 0.137 e. The smallest absolute Gasteiger partial charge is 0.137 e. The molecule has 0 saturated heterocycles. The van der Waals surface area contributed by atoms with Crippen molar-refractivity contribution in [2.45, 2.75) is 26.2 Å². The first kappa shape index (κ1) is 15.6. The number of rotatable bonds is 3. The topological polar surface area (TPSA) is 38.2 Å². The van der Waals surface area contributed by atoms with E-state index in [1.165, 1.54) is 0 Å². The highest BCUT2D eigenvalue weighted by Crippen LogP contribution is 2.28. The van der Waals surface area contributed by atoms with Crippen molar-refractivity contribution in [2.24, 2.45) is 0 Å². The molecule has 0 fully saturated rings. The van der Waals surface area contributed by atoms with Crippen molar-refractivity contribution >= 4 is 23.1 Å². The first-order valence-electron chi connectivity index (χ1n) is 6.74. The Kier molecular flexibility index (Phi) is 4.37. The molecule has 0 unspecified atom stereocenters. The zero-order valence-electron chi connectivity index (χ0n) is 13.0. The standard InChI is InChI=1S/C16H20ClN3O/c1-16(2,3)15-18-13(17)10-14(19-15)20(4)11-6-8-12(21-5)9-7-11/h6-10H,1-5H3. The molecular formula is C16H20ClN3O. The van der Waals surface area contributed by atoms with E-state index < -0.39 is 0 Å². The minimum Gasteiger partial charge on any atom is -0.497 e. The van der Waals surface area contributed by atoms with E-state index in [-0.39, 0.29) is 5.41 Å². The SMILES string of the molecule is COc1ccc(N(C)c2cc(Cl)nc(C(C)(C)C)n2)cc1. The number of aromatic nitrogens is 2. The summed E-state index contributed by atoms with van der Waals surface area (Å²) in [6, 6.07) is 9.55. The molecule has 112 valence electrons. The number of nitrogens with zero attached hydrogens (tertiary/aromatic N) is 3. The van der Waals surface area contributed by atoms with E-state index in [1.807, 2.05) is 36.2 Å². The van der Waals surface area contributed by atoms with Gasteiger partial charge in [0.15, 0.2) is 0 Å². The summed E-state index contributed by atoms with van der Waals surface area (Å²) in [5, 5.41) is 0.449. The van der Waals surface area contributed by atoms with Gasteiger partial charge >= 0.3 is 0 Å². The fourth-order valence-electron chi connectivity index (χ4n) is 1.85. The number of anilines is 2. The van der Waals surface area contributed by atoms with Gasteiger partial charge in [0.05, 0.1) is 7.11 Å². The van der Waals surface area contributed by atoms with Gasteiger partial charge in [-0.25, -0.2) is 9.97 Å². The number of halogens is 1. The number of hydrogen-bond donors (Lipinski definition) is 0. The lowest BCUT2D eigenvalue weighted by molar-refractivity contribution is 0.415. The van der Waals surface area contributed by atoms with Gasteiger partial charge in [-0.3, -0.25) is 0 Å². The van der Waals surface area contributed by atoms with Gasteiger partial charge in [-0.05, 0) is 24.3 Å². The highest BCUT2D eigenvalue weighted by Gasteiger charge is 2.20. The molecule has 0 N–H and O–H groups in total. The Morgan fingerprint density at radius 2 is 1.71 bits per heavy atom. The van der Waals surface area contributed by atoms with Crippen LogP contribution in [0.25, 0.3) is 0 Å². The van der Waals surface area contributed by atoms with Crippen LogP contribution in [0.5, 0.6) is 5.75 Å². The summed E-state index contributed by atoms with van der Waals surface area (Å²) in [5.41, 5.74) is 0.853. The minimum absolute atomic E-state index is 0.152. The molecule has 0 spiro atoms. The van der Waals surface area contributed by atoms with Crippen molar-refractivity contribution in [3.8, 4) is 5.75 Å². The highest BCUT2D eigenvalue weighted by molar-refractivity contribution is 6.29. The third-order valence-corrected chi connectivity index (χ3v) is 3.35. The minimum atomic E-state index is -0.152. The maximum absolute atomic E-state index is 6.14. The van der Waals surface area contributed by atoms with E-state index in [4.69, 9.17) is 16.3 Å². The maximum atomic E-state index is 6.14. The average molecular weight is 306 g/mol. The molecule has 0 bridgehead atoms. The Morgan fingerprint density at radius 3 is 2.24 bits per heavy atom. The highest BCUT2D eigenvalue weighted by atomic mass is 35.5. The lowest BCUT2D eigenvalue weighted by Gasteiger charge is -2.22. The fraction of sp³-hybridized carbons (Fsp3) is 0.375. The van der Waals surface area contributed by atoms with Crippen molar-refractivity contribution in [1.82, 2.24) is 9.97 Å². The zero-order valence-corrected chi connectivity index (χ0v) is 13.8. The van der Waals surface area contributed by atoms with Gasteiger partial charge in [-0.1, -0.05) is 32.4 Å². The lowest BCUT2D eigenvalue weighted by Crippen LogP contribution is -2.19. The van der Waals surface area contributed by atoms with Crippen molar-refractivity contribution in [1.29, 1.82) is 0 Å². The molecule has 4 nitrogen and oxygen atoms in total. The molecule has 2 rings (SSSR count). The van der Waals surface area contributed by atoms with E-state index >= 15 is 0 Å². The Hall–Kier alpha value is -1.81. The van der Waals surface area contributed by atoms with Crippen molar-refractivity contribution in [3.63, 3.8) is 0 Å². The van der Waals surface area contributed by atoms with Gasteiger partial charge in [0.2, 0.25) is 0 Å². The lowest BCUT2D eigenvalue weighted by atomic mass is 9.96. The third-order valence-electron chi connectivity index (χ3n) is 3.16. The van der Waals surface area contributed by atoms with Gasteiger partial charge in [0.1, 0.15) is 22.5 Å². The van der Waals surface area contributed by atoms with Crippen LogP contribution in [0.2, 0.25) is 5.15 Å². The Morgan fingerprint density at radius 1 is 1.10 bits per heavy atom. The van der Waals surface area contributed by atoms with E-state index in [0.29, 0.717) is 5.15 Å². The summed E-state index contributed by atoms with van der Waals surface area (Å²) >= 11 is 6.14. The van der Waals surface area contributed by atoms with Gasteiger partial charge in [-0.2, -0.15) is 0 Å². The average Bonchev–Trinajstić information content (AvgIpc) is 2.45. The van der Waals surface area contributed by atoms with Gasteiger partial charge in [-0.15, -0.1) is 0 Å². The van der Waals surface area contributed by atoms with Crippen molar-refractivity contribution in [3.05, 3.63) is 41.3 Å². The molecule has 2 aromatic rings. The summed E-state index contributed by atoms with van der Waals surface area (Å²) in [5.74, 6) is 2.32. The van der Waals surface area contributed by atoms with Crippen LogP contribution in [0, 0.1) is 0 Å². The van der Waals surface area contributed by atoms with Crippen LogP contribution >= 0.6 is 11.6 Å². The molecule has 0 saturated carbocycles. The molecule has 0 aliphatic carbocycles. The van der Waals surface area contributed by atoms with E-state index in [1.54, 1.807) is 13.2 Å². The van der Waals surface area contributed by atoms with Crippen LogP contribution in [0.15, 0.2) is 30.3 Å². The normalized spacial score (nSPS) is 11.3. The summed E-state index contributed by atoms with van der Waals surface area (Å²) < 4.78 is 5.17. The van der Waals surface area contributed by atoms with Crippen molar-refractivity contribution < 1.29 is 4.74 Å². The van der Waals surface area contributed by atoms with Crippen LogP contribution in [0.4, 0.5) is 11.5 Å². The molecule has 5 heteroatoms. The quantitative estimate of drug-likeness (QED) is 0.796. The van der Waals surface area contributed by atoms with E-state index in [2.05, 4.69) is 30.7 Å². The van der Waals surface area contributed by atoms with E-state index in [9.17, 15) is 0 Å². The Balaban J connectivity index is 2.38. The van der Waals surface area contributed by atoms with Crippen molar-refractivity contribution in [2.75, 3.05) is 19.1 Å². The van der Waals surface area contributed by atoms with Crippen LogP contribution in [-0.2, 0) is 5.41 Å². The molecule has 0 atom stereocenters. The Bertz CT molecular complexity index is 620. The fourth-order valence-corrected chi connectivity index (χ4v) is 2.03. The molecule has 21 heavy (non-hydrogen) atoms. The predicted molar refractivity (Wildman–Crippen MR) is 86.8 cm³/mol. The zero-order chi connectivity index (χ0) is 15.6. The number of ether oxygens (including phenoxy) is 1. The van der Waals surface area contributed by atoms with E-state index in [0.717, 1.165) is 23.1 Å². The molecule has 0 amide bonds. The van der Waals surface area contributed by atoms with Crippen LogP contribution < -0.4 is 9.64 Å². The molecule has 0 aliphatic rings. The van der Waals surface area contributed by atoms with Gasteiger partial charge < -0.3 is 9.64 Å². The first-order chi connectivity index (χ1) is 9.81. The number of hydrogen-bond acceptors (Lipinski definition) is 4. The largest absolute Gasteiger partial charge is 0.497 e. The summed E-state index contributed by atoms with van der Waals surface area (Å²) in [7, 11) is 3.60. The summed E-state index contributed by atoms with van der Waals surface area (Å²) in [6.45, 7) is 6.20. The summed E-state index contributed by atoms with van der Waals surface area (Å²) in [4.78, 5) is 10.9. The monoisotopic (exact) mass is 305 g/mol. The second kappa shape index (κ2) is 5.90. The molecule has 1 aromatic carbocycles. The molecular weight excluding hydrogens is 286 g/mol. The second-order valence-electron chi connectivity index (χ2n) is 5.88. The molecule has 1 aromatic heterocycles. The first-order valence-corrected chi connectivity index (χ1v) is 7.12. The molecule has 0 radical (unpaired) electrons. The van der Waals surface area contributed by atoms with Gasteiger partial charge in [0, 0.05) is 24.2 Å². The Labute approximate surface area is 130 Å². The summed E-state index contributed by atoms with van der Waals surface area (Å²) in [6.07, 6.45) is 0. The second-order valence-corrected chi connectivity index (χ2v) is 6.27. The third kappa shape index (κ3) is 3.64. The van der Waals surface area contributed by atoms with Crippen LogP contribution in [0.1, 0.15) is 26.6 Å². The molecule has 0 aliphatic heterocycles. The number of benzene rings is 1. The van der Waals surface area contributed by atoms with Crippen LogP contribution in [0.3, 0.4) is 0 Å². The predicted octanol–water partition coefficient (Wildman–Crippen LogP) is 4.20. The molecule has 1 heterocycles.